The lowest BCUT2D eigenvalue weighted by Crippen LogP contribution is -1.99. The molecule has 0 saturated heterocycles. The van der Waals surface area contributed by atoms with E-state index in [0.717, 1.165) is 10.0 Å². The summed E-state index contributed by atoms with van der Waals surface area (Å²) in [5.74, 6) is 0.875. The Morgan fingerprint density at radius 1 is 0.700 bits per heavy atom. The molecule has 98 valence electrons. The first-order valence-electron chi connectivity index (χ1n) is 5.83. The van der Waals surface area contributed by atoms with Crippen LogP contribution < -0.4 is 0 Å². The average molecular weight is 348 g/mol. The molecule has 20 heavy (non-hydrogen) atoms. The summed E-state index contributed by atoms with van der Waals surface area (Å²) in [6, 6.07) is 15.0. The highest BCUT2D eigenvalue weighted by Crippen LogP contribution is 2.26. The van der Waals surface area contributed by atoms with Crippen molar-refractivity contribution in [3.05, 3.63) is 58.0 Å². The minimum atomic E-state index is 0.409. The predicted octanol–water partition coefficient (Wildman–Crippen LogP) is 4.02. The predicted molar refractivity (Wildman–Crippen MR) is 81.2 cm³/mol. The molecule has 6 heteroatoms. The van der Waals surface area contributed by atoms with Gasteiger partial charge in [0.15, 0.2) is 0 Å². The fraction of sp³-hybridized carbons (Fsp3) is 0. The maximum atomic E-state index is 6.10. The van der Waals surface area contributed by atoms with E-state index < -0.39 is 0 Å². The van der Waals surface area contributed by atoms with Crippen LogP contribution in [0.1, 0.15) is 0 Å². The summed E-state index contributed by atoms with van der Waals surface area (Å²) >= 11 is 9.55. The Bertz CT molecular complexity index is 682. The third kappa shape index (κ3) is 2.55. The van der Waals surface area contributed by atoms with Gasteiger partial charge in [-0.05, 0) is 24.3 Å². The standard InChI is InChI=1S/C14H8BrClN4/c15-11-7-3-1-5-9(11)13-17-19-14(20-18-13)10-6-2-4-8-12(10)16/h1-8H. The van der Waals surface area contributed by atoms with Gasteiger partial charge in [0.2, 0.25) is 11.6 Å². The summed E-state index contributed by atoms with van der Waals surface area (Å²) in [6.07, 6.45) is 0. The van der Waals surface area contributed by atoms with E-state index in [0.29, 0.717) is 22.2 Å². The van der Waals surface area contributed by atoms with E-state index in [4.69, 9.17) is 11.6 Å². The second-order valence-electron chi connectivity index (χ2n) is 4.01. The maximum absolute atomic E-state index is 6.10. The van der Waals surface area contributed by atoms with Gasteiger partial charge in [0, 0.05) is 15.6 Å². The van der Waals surface area contributed by atoms with E-state index in [2.05, 4.69) is 36.3 Å². The third-order valence-electron chi connectivity index (χ3n) is 2.71. The second-order valence-corrected chi connectivity index (χ2v) is 5.27. The van der Waals surface area contributed by atoms with E-state index in [-0.39, 0.29) is 0 Å². The molecule has 3 rings (SSSR count). The Labute approximate surface area is 129 Å². The zero-order valence-electron chi connectivity index (χ0n) is 10.2. The first-order valence-corrected chi connectivity index (χ1v) is 7.00. The highest BCUT2D eigenvalue weighted by atomic mass is 79.9. The number of rotatable bonds is 2. The molecule has 0 radical (unpaired) electrons. The van der Waals surface area contributed by atoms with Gasteiger partial charge >= 0.3 is 0 Å². The Balaban J connectivity index is 2.01. The summed E-state index contributed by atoms with van der Waals surface area (Å²) < 4.78 is 0.897. The fourth-order valence-electron chi connectivity index (χ4n) is 1.73. The van der Waals surface area contributed by atoms with E-state index in [1.165, 1.54) is 0 Å². The normalized spacial score (nSPS) is 10.5. The molecule has 2 aromatic carbocycles. The molecule has 0 atom stereocenters. The van der Waals surface area contributed by atoms with Gasteiger partial charge < -0.3 is 0 Å². The van der Waals surface area contributed by atoms with Crippen molar-refractivity contribution >= 4 is 27.5 Å². The van der Waals surface area contributed by atoms with Crippen LogP contribution in [0.5, 0.6) is 0 Å². The summed E-state index contributed by atoms with van der Waals surface area (Å²) in [4.78, 5) is 0. The Morgan fingerprint density at radius 2 is 1.20 bits per heavy atom. The first kappa shape index (κ1) is 13.1. The van der Waals surface area contributed by atoms with Gasteiger partial charge in [0.05, 0.1) is 5.02 Å². The molecule has 0 spiro atoms. The Morgan fingerprint density at radius 3 is 1.80 bits per heavy atom. The molecule has 0 amide bonds. The van der Waals surface area contributed by atoms with Crippen molar-refractivity contribution in [1.29, 1.82) is 0 Å². The van der Waals surface area contributed by atoms with Crippen molar-refractivity contribution in [3.8, 4) is 22.8 Å². The molecule has 1 heterocycles. The van der Waals surface area contributed by atoms with Crippen molar-refractivity contribution in [2.45, 2.75) is 0 Å². The van der Waals surface area contributed by atoms with Crippen LogP contribution >= 0.6 is 27.5 Å². The van der Waals surface area contributed by atoms with E-state index in [1.807, 2.05) is 42.5 Å². The van der Waals surface area contributed by atoms with Crippen LogP contribution in [0, 0.1) is 0 Å². The van der Waals surface area contributed by atoms with Crippen LogP contribution in [0.25, 0.3) is 22.8 Å². The summed E-state index contributed by atoms with van der Waals surface area (Å²) in [6.45, 7) is 0. The van der Waals surface area contributed by atoms with Crippen molar-refractivity contribution in [1.82, 2.24) is 20.4 Å². The molecular formula is C14H8BrClN4. The molecule has 3 aromatic rings. The number of aromatic nitrogens is 4. The molecule has 0 fully saturated rings. The van der Waals surface area contributed by atoms with Gasteiger partial charge in [-0.2, -0.15) is 0 Å². The van der Waals surface area contributed by atoms with Crippen LogP contribution in [0.2, 0.25) is 5.02 Å². The fourth-order valence-corrected chi connectivity index (χ4v) is 2.41. The van der Waals surface area contributed by atoms with Gasteiger partial charge in [0.25, 0.3) is 0 Å². The lowest BCUT2D eigenvalue weighted by Gasteiger charge is -2.03. The minimum Gasteiger partial charge on any atom is -0.126 e. The van der Waals surface area contributed by atoms with Crippen molar-refractivity contribution < 1.29 is 0 Å². The van der Waals surface area contributed by atoms with Gasteiger partial charge in [0.1, 0.15) is 0 Å². The van der Waals surface area contributed by atoms with Gasteiger partial charge in [-0.15, -0.1) is 20.4 Å². The zero-order valence-corrected chi connectivity index (χ0v) is 12.5. The molecule has 0 aliphatic heterocycles. The zero-order chi connectivity index (χ0) is 13.9. The molecule has 0 unspecified atom stereocenters. The van der Waals surface area contributed by atoms with E-state index >= 15 is 0 Å². The summed E-state index contributed by atoms with van der Waals surface area (Å²) in [5.41, 5.74) is 1.56. The lowest BCUT2D eigenvalue weighted by molar-refractivity contribution is 0.875. The molecule has 0 aliphatic carbocycles. The SMILES string of the molecule is Clc1ccccc1-c1nnc(-c2ccccc2Br)nn1. The quantitative estimate of drug-likeness (QED) is 0.702. The smallest absolute Gasteiger partial charge is 0.126 e. The van der Waals surface area contributed by atoms with Gasteiger partial charge in [-0.25, -0.2) is 0 Å². The van der Waals surface area contributed by atoms with Crippen molar-refractivity contribution in [2.24, 2.45) is 0 Å². The molecule has 0 saturated carbocycles. The number of halogens is 2. The van der Waals surface area contributed by atoms with Crippen LogP contribution in [0.3, 0.4) is 0 Å². The first-order chi connectivity index (χ1) is 9.75. The van der Waals surface area contributed by atoms with Crippen LogP contribution in [0.4, 0.5) is 0 Å². The topological polar surface area (TPSA) is 51.6 Å². The minimum absolute atomic E-state index is 0.409. The Hall–Kier alpha value is -1.85. The number of benzene rings is 2. The van der Waals surface area contributed by atoms with Crippen molar-refractivity contribution in [2.75, 3.05) is 0 Å². The maximum Gasteiger partial charge on any atom is 0.205 e. The second kappa shape index (κ2) is 5.64. The van der Waals surface area contributed by atoms with Gasteiger partial charge in [-0.3, -0.25) is 0 Å². The van der Waals surface area contributed by atoms with Crippen LogP contribution in [0.15, 0.2) is 53.0 Å². The summed E-state index contributed by atoms with van der Waals surface area (Å²) in [5, 5.41) is 17.0. The van der Waals surface area contributed by atoms with Crippen molar-refractivity contribution in [3.63, 3.8) is 0 Å². The lowest BCUT2D eigenvalue weighted by atomic mass is 10.2. The molecule has 1 aromatic heterocycles. The average Bonchev–Trinajstić information content (AvgIpc) is 2.49. The van der Waals surface area contributed by atoms with Crippen LogP contribution in [-0.4, -0.2) is 20.4 Å². The number of hydrogen-bond donors (Lipinski definition) is 0. The monoisotopic (exact) mass is 346 g/mol. The van der Waals surface area contributed by atoms with E-state index in [9.17, 15) is 0 Å². The third-order valence-corrected chi connectivity index (χ3v) is 3.73. The number of nitrogens with zero attached hydrogens (tertiary/aromatic N) is 4. The summed E-state index contributed by atoms with van der Waals surface area (Å²) in [7, 11) is 0. The van der Waals surface area contributed by atoms with E-state index in [1.54, 1.807) is 6.07 Å². The molecule has 0 N–H and O–H groups in total. The molecular weight excluding hydrogens is 340 g/mol. The molecule has 0 bridgehead atoms. The Kier molecular flexibility index (Phi) is 3.71. The van der Waals surface area contributed by atoms with Gasteiger partial charge in [-0.1, -0.05) is 51.8 Å². The highest BCUT2D eigenvalue weighted by molar-refractivity contribution is 9.10. The van der Waals surface area contributed by atoms with Crippen LogP contribution in [-0.2, 0) is 0 Å². The molecule has 4 nitrogen and oxygen atoms in total. The molecule has 0 aliphatic rings. The largest absolute Gasteiger partial charge is 0.205 e. The highest BCUT2D eigenvalue weighted by Gasteiger charge is 2.10. The number of hydrogen-bond acceptors (Lipinski definition) is 4.